The minimum Gasteiger partial charge on any atom is -0.465 e. The Balaban J connectivity index is 1.97. The van der Waals surface area contributed by atoms with E-state index in [0.29, 0.717) is 17.6 Å². The lowest BCUT2D eigenvalue weighted by atomic mass is 10.0. The molecule has 1 saturated carbocycles. The van der Waals surface area contributed by atoms with Gasteiger partial charge in [0.15, 0.2) is 11.2 Å². The molecule has 2 aromatic heterocycles. The smallest absolute Gasteiger partial charge is 0.302 e. The molecule has 0 saturated heterocycles. The van der Waals surface area contributed by atoms with Gasteiger partial charge in [0, 0.05) is 20.3 Å². The van der Waals surface area contributed by atoms with Crippen LogP contribution in [0.2, 0.25) is 0 Å². The minimum atomic E-state index is -0.513. The maximum atomic E-state index is 12.0. The first-order valence-corrected chi connectivity index (χ1v) is 7.99. The molecule has 0 radical (unpaired) electrons. The average Bonchev–Trinajstić information content (AvgIpc) is 3.06. The van der Waals surface area contributed by atoms with Crippen LogP contribution in [-0.4, -0.2) is 44.2 Å². The van der Waals surface area contributed by atoms with Gasteiger partial charge in [0.1, 0.15) is 12.7 Å². The Morgan fingerprint density at radius 1 is 1.42 bits per heavy atom. The van der Waals surface area contributed by atoms with E-state index in [1.807, 2.05) is 0 Å². The molecule has 0 spiro atoms. The Morgan fingerprint density at radius 2 is 2.15 bits per heavy atom. The van der Waals surface area contributed by atoms with E-state index in [0.717, 1.165) is 0 Å². The number of hydrogen-bond acceptors (Lipinski definition) is 8. The summed E-state index contributed by atoms with van der Waals surface area (Å²) in [5.41, 5.74) is 6.35. The average molecular weight is 361 g/mol. The van der Waals surface area contributed by atoms with Gasteiger partial charge in [0.05, 0.1) is 18.3 Å². The highest BCUT2D eigenvalue weighted by Crippen LogP contribution is 2.41. The number of carbonyl (C=O) groups excluding carboxylic acids is 2. The molecule has 3 rings (SSSR count). The van der Waals surface area contributed by atoms with Gasteiger partial charge >= 0.3 is 11.9 Å². The second-order valence-electron chi connectivity index (χ2n) is 6.16. The normalized spacial score (nSPS) is 22.5. The van der Waals surface area contributed by atoms with E-state index in [9.17, 15) is 14.4 Å². The van der Waals surface area contributed by atoms with E-state index in [1.54, 1.807) is 4.57 Å². The summed E-state index contributed by atoms with van der Waals surface area (Å²) in [4.78, 5) is 45.2. The molecule has 1 fully saturated rings. The Labute approximate surface area is 148 Å². The van der Waals surface area contributed by atoms with E-state index in [2.05, 4.69) is 21.5 Å². The molecule has 1 aliphatic carbocycles. The molecule has 0 unspecified atom stereocenters. The van der Waals surface area contributed by atoms with Crippen LogP contribution in [0.15, 0.2) is 23.3 Å². The number of ether oxygens (including phenoxy) is 2. The van der Waals surface area contributed by atoms with Gasteiger partial charge in [-0.25, -0.2) is 4.98 Å². The Morgan fingerprint density at radius 3 is 2.81 bits per heavy atom. The van der Waals surface area contributed by atoms with Crippen molar-refractivity contribution < 1.29 is 19.1 Å². The lowest BCUT2D eigenvalue weighted by Crippen LogP contribution is -2.26. The number of H-pyrrole nitrogens is 1. The number of aromatic amines is 1. The Bertz CT molecular complexity index is 946. The first-order chi connectivity index (χ1) is 12.3. The fraction of sp³-hybridized carbons (Fsp3) is 0.438. The second kappa shape index (κ2) is 6.62. The Kier molecular flexibility index (Phi) is 4.49. The largest absolute Gasteiger partial charge is 0.465 e. The molecule has 1 aliphatic rings. The summed E-state index contributed by atoms with van der Waals surface area (Å²) in [6.07, 6.45) is 1.35. The maximum Gasteiger partial charge on any atom is 0.302 e. The molecule has 0 aliphatic heterocycles. The van der Waals surface area contributed by atoms with Crippen molar-refractivity contribution in [3.8, 4) is 0 Å². The fourth-order valence-electron chi connectivity index (χ4n) is 3.25. The molecule has 3 N–H and O–H groups in total. The van der Waals surface area contributed by atoms with Crippen molar-refractivity contribution in [3.63, 3.8) is 0 Å². The van der Waals surface area contributed by atoms with Crippen molar-refractivity contribution in [1.82, 2.24) is 19.5 Å². The van der Waals surface area contributed by atoms with Crippen molar-refractivity contribution in [3.05, 3.63) is 28.8 Å². The molecule has 138 valence electrons. The predicted octanol–water partition coefficient (Wildman–Crippen LogP) is 0.314. The molecule has 10 heteroatoms. The quantitative estimate of drug-likeness (QED) is 0.585. The van der Waals surface area contributed by atoms with E-state index in [4.69, 9.17) is 15.2 Å². The van der Waals surface area contributed by atoms with E-state index in [1.165, 1.54) is 20.2 Å². The molecule has 3 atom stereocenters. The maximum absolute atomic E-state index is 12.0. The number of nitrogens with one attached hydrogen (secondary N) is 1. The summed E-state index contributed by atoms with van der Waals surface area (Å²) in [6.45, 7) is 6.75. The van der Waals surface area contributed by atoms with Crippen molar-refractivity contribution >= 4 is 29.1 Å². The zero-order valence-electron chi connectivity index (χ0n) is 14.4. The topological polar surface area (TPSA) is 142 Å². The van der Waals surface area contributed by atoms with E-state index in [-0.39, 0.29) is 30.0 Å². The lowest BCUT2D eigenvalue weighted by Gasteiger charge is -2.19. The van der Waals surface area contributed by atoms with Crippen LogP contribution in [0.3, 0.4) is 0 Å². The minimum absolute atomic E-state index is 0.0270. The van der Waals surface area contributed by atoms with E-state index >= 15 is 0 Å². The molecular weight excluding hydrogens is 342 g/mol. The van der Waals surface area contributed by atoms with Gasteiger partial charge < -0.3 is 19.8 Å². The number of nitrogens with zero attached hydrogens (tertiary/aromatic N) is 3. The number of carbonyl (C=O) groups is 2. The monoisotopic (exact) mass is 361 g/mol. The molecule has 0 amide bonds. The summed E-state index contributed by atoms with van der Waals surface area (Å²) in [5.74, 6) is -1.27. The van der Waals surface area contributed by atoms with Gasteiger partial charge in [-0.05, 0) is 5.57 Å². The summed E-state index contributed by atoms with van der Waals surface area (Å²) < 4.78 is 12.1. The fourth-order valence-corrected chi connectivity index (χ4v) is 3.25. The zero-order valence-corrected chi connectivity index (χ0v) is 14.4. The molecule has 2 heterocycles. The highest BCUT2D eigenvalue weighted by molar-refractivity contribution is 5.71. The van der Waals surface area contributed by atoms with Crippen LogP contribution in [-0.2, 0) is 19.1 Å². The number of fused-ring (bicyclic) bond motifs is 1. The third kappa shape index (κ3) is 3.17. The predicted molar refractivity (Wildman–Crippen MR) is 91.0 cm³/mol. The van der Waals surface area contributed by atoms with Crippen LogP contribution >= 0.6 is 0 Å². The van der Waals surface area contributed by atoms with Crippen molar-refractivity contribution in [2.24, 2.45) is 5.92 Å². The highest BCUT2D eigenvalue weighted by Gasteiger charge is 2.42. The molecule has 10 nitrogen and oxygen atoms in total. The van der Waals surface area contributed by atoms with Gasteiger partial charge in [0.25, 0.3) is 5.56 Å². The summed E-state index contributed by atoms with van der Waals surface area (Å²) in [6, 6.07) is -0.335. The van der Waals surface area contributed by atoms with Gasteiger partial charge in [-0.2, -0.15) is 4.98 Å². The van der Waals surface area contributed by atoms with Crippen molar-refractivity contribution in [2.75, 3.05) is 12.3 Å². The number of nitrogen functional groups attached to an aromatic ring is 1. The van der Waals surface area contributed by atoms with Crippen LogP contribution < -0.4 is 11.3 Å². The zero-order chi connectivity index (χ0) is 19.0. The summed E-state index contributed by atoms with van der Waals surface area (Å²) >= 11 is 0. The molecule has 26 heavy (non-hydrogen) atoms. The van der Waals surface area contributed by atoms with Gasteiger partial charge in [-0.15, -0.1) is 0 Å². The molecule has 2 aromatic rings. The lowest BCUT2D eigenvalue weighted by molar-refractivity contribution is -0.150. The van der Waals surface area contributed by atoms with Crippen molar-refractivity contribution in [2.45, 2.75) is 32.4 Å². The number of aromatic nitrogens is 4. The first-order valence-electron chi connectivity index (χ1n) is 7.99. The number of imidazole rings is 1. The number of esters is 2. The first kappa shape index (κ1) is 17.6. The summed E-state index contributed by atoms with van der Waals surface area (Å²) in [5, 5.41) is 0. The van der Waals surface area contributed by atoms with Crippen molar-refractivity contribution in [1.29, 1.82) is 0 Å². The van der Waals surface area contributed by atoms with Crippen LogP contribution in [0, 0.1) is 5.92 Å². The molecule has 0 aromatic carbocycles. The third-order valence-corrected chi connectivity index (χ3v) is 4.38. The van der Waals surface area contributed by atoms with Gasteiger partial charge in [0.2, 0.25) is 5.95 Å². The number of anilines is 1. The van der Waals surface area contributed by atoms with E-state index < -0.39 is 23.6 Å². The number of hydrogen-bond donors (Lipinski definition) is 2. The number of rotatable bonds is 4. The second-order valence-corrected chi connectivity index (χ2v) is 6.16. The highest BCUT2D eigenvalue weighted by atomic mass is 16.6. The Hall–Kier alpha value is -3.17. The SMILES string of the molecule is C=C1[C@H](COC(C)=O)[C@@H](OC(C)=O)C[C@@H]1n1cnc2c(=O)[nH]c(N)nc21. The standard InChI is InChI=1S/C16H19N5O5/c1-7-10(5-25-8(2)22)12(26-9(3)23)4-11(7)21-6-18-13-14(21)19-16(17)20-15(13)24/h6,10-12H,1,4-5H2,2-3H3,(H3,17,19,20,24)/t10-,11-,12-/m0/s1. The van der Waals surface area contributed by atoms with Crippen LogP contribution in [0.4, 0.5) is 5.95 Å². The molecule has 0 bridgehead atoms. The van der Waals surface area contributed by atoms with Gasteiger partial charge in [-0.1, -0.05) is 6.58 Å². The third-order valence-electron chi connectivity index (χ3n) is 4.38. The van der Waals surface area contributed by atoms with Crippen LogP contribution in [0.25, 0.3) is 11.2 Å². The van der Waals surface area contributed by atoms with Gasteiger partial charge in [-0.3, -0.25) is 19.4 Å². The van der Waals surface area contributed by atoms with Crippen LogP contribution in [0.5, 0.6) is 0 Å². The summed E-state index contributed by atoms with van der Waals surface area (Å²) in [7, 11) is 0. The molecular formula is C16H19N5O5. The van der Waals surface area contributed by atoms with Crippen LogP contribution in [0.1, 0.15) is 26.3 Å². The number of nitrogens with two attached hydrogens (primary N) is 1.